The molecule has 0 radical (unpaired) electrons. The molecule has 0 N–H and O–H groups in total. The first-order valence-corrected chi connectivity index (χ1v) is 11.6. The van der Waals surface area contributed by atoms with E-state index in [1.54, 1.807) is 6.26 Å². The largest absolute Gasteiger partial charge is 0.464 e. The molecule has 1 aliphatic carbocycles. The molecule has 4 heteroatoms. The molecule has 3 aromatic rings. The predicted molar refractivity (Wildman–Crippen MR) is 124 cm³/mol. The summed E-state index contributed by atoms with van der Waals surface area (Å²) in [6.07, 6.45) is 12.3. The van der Waals surface area contributed by atoms with Crippen molar-refractivity contribution in [3.8, 4) is 0 Å². The Morgan fingerprint density at radius 1 is 1.16 bits per heavy atom. The number of benzene rings is 1. The van der Waals surface area contributed by atoms with Crippen molar-refractivity contribution in [2.75, 3.05) is 19.6 Å². The molecule has 1 aliphatic heterocycles. The number of carbonyl (C=O) groups excluding carboxylic acids is 1. The Balaban J connectivity index is 1.24. The van der Waals surface area contributed by atoms with Crippen LogP contribution in [0.1, 0.15) is 55.7 Å². The Morgan fingerprint density at radius 3 is 2.84 bits per heavy atom. The molecule has 1 aromatic carbocycles. The smallest absolute Gasteiger partial charge is 0.145 e. The zero-order valence-electron chi connectivity index (χ0n) is 18.0. The van der Waals surface area contributed by atoms with Crippen LogP contribution in [0.25, 0.3) is 16.5 Å². The molecule has 0 spiro atoms. The number of furan rings is 1. The van der Waals surface area contributed by atoms with Crippen molar-refractivity contribution in [2.45, 2.75) is 44.4 Å². The molecular weight excluding hydrogens is 384 g/mol. The van der Waals surface area contributed by atoms with E-state index in [0.717, 1.165) is 62.0 Å². The van der Waals surface area contributed by atoms with E-state index in [1.807, 2.05) is 30.5 Å². The van der Waals surface area contributed by atoms with Gasteiger partial charge in [0.2, 0.25) is 0 Å². The zero-order chi connectivity index (χ0) is 21.0. The second-order valence-electron chi connectivity index (χ2n) is 8.93. The van der Waals surface area contributed by atoms with Gasteiger partial charge in [-0.15, -0.1) is 0 Å². The number of ketones is 1. The summed E-state index contributed by atoms with van der Waals surface area (Å²) in [5.41, 5.74) is 4.53. The Kier molecular flexibility index (Phi) is 5.99. The average Bonchev–Trinajstić information content (AvgIpc) is 3.52. The summed E-state index contributed by atoms with van der Waals surface area (Å²) in [5, 5.41) is 1.15. The maximum absolute atomic E-state index is 13.3. The highest BCUT2D eigenvalue weighted by molar-refractivity contribution is 5.87. The number of Topliss-reactive ketones (excluding diaryl/α,β-unsaturated/α-hetero) is 1. The zero-order valence-corrected chi connectivity index (χ0v) is 18.0. The molecule has 3 heterocycles. The summed E-state index contributed by atoms with van der Waals surface area (Å²) in [7, 11) is 0. The number of carbonyl (C=O) groups is 1. The van der Waals surface area contributed by atoms with E-state index >= 15 is 0 Å². The fourth-order valence-electron chi connectivity index (χ4n) is 5.16. The van der Waals surface area contributed by atoms with Gasteiger partial charge in [-0.3, -0.25) is 14.7 Å². The van der Waals surface area contributed by atoms with E-state index in [0.29, 0.717) is 5.78 Å². The third-order valence-corrected chi connectivity index (χ3v) is 7.00. The van der Waals surface area contributed by atoms with Crippen molar-refractivity contribution in [2.24, 2.45) is 5.92 Å². The molecule has 2 aliphatic rings. The van der Waals surface area contributed by atoms with E-state index in [9.17, 15) is 4.79 Å². The molecule has 1 fully saturated rings. The first-order chi connectivity index (χ1) is 15.3. The number of nitrogens with zero attached hydrogens (tertiary/aromatic N) is 2. The fourth-order valence-corrected chi connectivity index (χ4v) is 5.16. The highest BCUT2D eigenvalue weighted by Crippen LogP contribution is 2.33. The van der Waals surface area contributed by atoms with Gasteiger partial charge in [0.15, 0.2) is 0 Å². The van der Waals surface area contributed by atoms with Crippen LogP contribution in [-0.4, -0.2) is 35.3 Å². The molecule has 1 saturated carbocycles. The molecule has 0 saturated heterocycles. The van der Waals surface area contributed by atoms with Crippen LogP contribution in [0.3, 0.4) is 0 Å². The lowest BCUT2D eigenvalue weighted by Gasteiger charge is -2.28. The van der Waals surface area contributed by atoms with Crippen LogP contribution in [0.15, 0.2) is 65.4 Å². The van der Waals surface area contributed by atoms with Gasteiger partial charge in [0.1, 0.15) is 11.4 Å². The van der Waals surface area contributed by atoms with Gasteiger partial charge in [0.05, 0.1) is 17.9 Å². The minimum absolute atomic E-state index is 0.0731. The molecule has 1 unspecified atom stereocenters. The van der Waals surface area contributed by atoms with E-state index in [-0.39, 0.29) is 11.8 Å². The Labute approximate surface area is 184 Å². The van der Waals surface area contributed by atoms with E-state index in [4.69, 9.17) is 4.42 Å². The fraction of sp³-hybridized carbons (Fsp3) is 0.407. The van der Waals surface area contributed by atoms with Gasteiger partial charge < -0.3 is 4.42 Å². The first-order valence-electron chi connectivity index (χ1n) is 11.6. The number of rotatable bonds is 7. The van der Waals surface area contributed by atoms with Crippen molar-refractivity contribution in [3.63, 3.8) is 0 Å². The number of hydrogen-bond acceptors (Lipinski definition) is 4. The minimum atomic E-state index is -0.0731. The van der Waals surface area contributed by atoms with Crippen LogP contribution >= 0.6 is 0 Å². The molecule has 5 rings (SSSR count). The molecular formula is C27H30N2O2. The maximum atomic E-state index is 13.3. The Hall–Kier alpha value is -2.72. The van der Waals surface area contributed by atoms with Gasteiger partial charge in [0, 0.05) is 30.6 Å². The number of hydrogen-bond donors (Lipinski definition) is 0. The monoisotopic (exact) mass is 414 g/mol. The van der Waals surface area contributed by atoms with Crippen LogP contribution in [0.4, 0.5) is 0 Å². The van der Waals surface area contributed by atoms with Crippen molar-refractivity contribution in [1.82, 2.24) is 9.88 Å². The van der Waals surface area contributed by atoms with E-state index in [1.165, 1.54) is 24.0 Å². The summed E-state index contributed by atoms with van der Waals surface area (Å²) in [4.78, 5) is 20.3. The van der Waals surface area contributed by atoms with E-state index in [2.05, 4.69) is 34.2 Å². The molecule has 0 bridgehead atoms. The second-order valence-corrected chi connectivity index (χ2v) is 8.93. The lowest BCUT2D eigenvalue weighted by atomic mass is 9.86. The normalized spacial score (nSPS) is 18.9. The van der Waals surface area contributed by atoms with Gasteiger partial charge in [-0.2, -0.15) is 0 Å². The second kappa shape index (κ2) is 9.19. The van der Waals surface area contributed by atoms with Crippen molar-refractivity contribution < 1.29 is 9.21 Å². The van der Waals surface area contributed by atoms with Crippen molar-refractivity contribution in [3.05, 3.63) is 72.3 Å². The van der Waals surface area contributed by atoms with E-state index < -0.39 is 0 Å². The molecule has 0 amide bonds. The van der Waals surface area contributed by atoms with Gasteiger partial charge >= 0.3 is 0 Å². The highest BCUT2D eigenvalue weighted by Gasteiger charge is 2.31. The molecule has 31 heavy (non-hydrogen) atoms. The Bertz CT molecular complexity index is 1060. The summed E-state index contributed by atoms with van der Waals surface area (Å²) in [6.45, 7) is 2.88. The van der Waals surface area contributed by atoms with Crippen molar-refractivity contribution >= 4 is 22.3 Å². The number of fused-ring (bicyclic) bond motifs is 1. The van der Waals surface area contributed by atoms with Gasteiger partial charge in [0.25, 0.3) is 0 Å². The maximum Gasteiger partial charge on any atom is 0.145 e. The quantitative estimate of drug-likeness (QED) is 0.486. The molecule has 160 valence electrons. The van der Waals surface area contributed by atoms with Crippen LogP contribution in [0.5, 0.6) is 0 Å². The summed E-state index contributed by atoms with van der Waals surface area (Å²) in [5.74, 6) is 0.573. The third-order valence-electron chi connectivity index (χ3n) is 7.00. The molecule has 4 nitrogen and oxygen atoms in total. The average molecular weight is 415 g/mol. The molecule has 2 aromatic heterocycles. The van der Waals surface area contributed by atoms with Gasteiger partial charge in [-0.05, 0) is 67.6 Å². The lowest BCUT2D eigenvalue weighted by molar-refractivity contribution is -0.124. The SMILES string of the molecule is O=C(C1CCCC1)C(CCN1CC=C(c2ccc3ccoc3c2)CC1)c1ccccn1. The first kappa shape index (κ1) is 20.2. The van der Waals surface area contributed by atoms with Gasteiger partial charge in [-0.1, -0.05) is 37.1 Å². The van der Waals surface area contributed by atoms with Gasteiger partial charge in [-0.25, -0.2) is 0 Å². The lowest BCUT2D eigenvalue weighted by Crippen LogP contribution is -2.32. The number of pyridine rings is 1. The van der Waals surface area contributed by atoms with Crippen molar-refractivity contribution in [1.29, 1.82) is 0 Å². The summed E-state index contributed by atoms with van der Waals surface area (Å²) >= 11 is 0. The molecule has 1 atom stereocenters. The predicted octanol–water partition coefficient (Wildman–Crippen LogP) is 5.85. The topological polar surface area (TPSA) is 46.3 Å². The summed E-state index contributed by atoms with van der Waals surface area (Å²) in [6, 6.07) is 14.4. The van der Waals surface area contributed by atoms with Crippen LogP contribution in [0.2, 0.25) is 0 Å². The standard InChI is InChI=1S/C27H30N2O2/c30-27(22-5-1-2-6-22)24(25-7-3-4-14-28-25)12-17-29-15-10-20(11-16-29)23-9-8-21-13-18-31-26(21)19-23/h3-4,7-10,13-14,18-19,22,24H,1-2,5-6,11-12,15-17H2. The van der Waals surface area contributed by atoms with Crippen LogP contribution in [-0.2, 0) is 4.79 Å². The minimum Gasteiger partial charge on any atom is -0.464 e. The number of aromatic nitrogens is 1. The highest BCUT2D eigenvalue weighted by atomic mass is 16.3. The Morgan fingerprint density at radius 2 is 2.06 bits per heavy atom. The van der Waals surface area contributed by atoms with Crippen LogP contribution in [0, 0.1) is 5.92 Å². The third kappa shape index (κ3) is 4.49. The van der Waals surface area contributed by atoms with Crippen LogP contribution < -0.4 is 0 Å². The summed E-state index contributed by atoms with van der Waals surface area (Å²) < 4.78 is 5.57.